The van der Waals surface area contributed by atoms with Gasteiger partial charge >= 0.3 is 0 Å². The zero-order valence-corrected chi connectivity index (χ0v) is 7.56. The van der Waals surface area contributed by atoms with E-state index in [9.17, 15) is 0 Å². The van der Waals surface area contributed by atoms with E-state index < -0.39 is 0 Å². The van der Waals surface area contributed by atoms with Crippen LogP contribution in [0.25, 0.3) is 0 Å². The summed E-state index contributed by atoms with van der Waals surface area (Å²) in [7, 11) is 3.98. The Hall–Kier alpha value is -0.120. The molecule has 0 bridgehead atoms. The number of hydrazine groups is 1. The number of hydrogen-bond acceptors (Lipinski definition) is 3. The normalized spacial score (nSPS) is 24.0. The number of nitrogens with one attached hydrogen (secondary N) is 1. The van der Waals surface area contributed by atoms with E-state index >= 15 is 0 Å². The van der Waals surface area contributed by atoms with Crippen LogP contribution in [-0.4, -0.2) is 24.8 Å². The quantitative estimate of drug-likeness (QED) is 0.457. The topological polar surface area (TPSA) is 41.3 Å². The van der Waals surface area contributed by atoms with Crippen LogP contribution < -0.4 is 11.2 Å². The molecule has 66 valence electrons. The van der Waals surface area contributed by atoms with Gasteiger partial charge in [0.1, 0.15) is 0 Å². The first-order valence-electron chi connectivity index (χ1n) is 4.36. The Balaban J connectivity index is 2.37. The Morgan fingerprint density at radius 2 is 1.73 bits per heavy atom. The third-order valence-corrected chi connectivity index (χ3v) is 2.19. The Labute approximate surface area is 68.9 Å². The number of hydrogen-bond donors (Lipinski definition) is 2. The molecule has 1 aliphatic carbocycles. The number of nitrogens with two attached hydrogens (primary N) is 1. The van der Waals surface area contributed by atoms with Crippen LogP contribution in [0.3, 0.4) is 0 Å². The lowest BCUT2D eigenvalue weighted by molar-refractivity contribution is 0.122. The van der Waals surface area contributed by atoms with Crippen LogP contribution in [0.1, 0.15) is 32.1 Å². The Kier molecular flexibility index (Phi) is 2.87. The van der Waals surface area contributed by atoms with Gasteiger partial charge in [0.2, 0.25) is 0 Å². The van der Waals surface area contributed by atoms with Gasteiger partial charge in [0, 0.05) is 14.1 Å². The van der Waals surface area contributed by atoms with Crippen LogP contribution in [0.15, 0.2) is 0 Å². The minimum absolute atomic E-state index is 0.123. The van der Waals surface area contributed by atoms with E-state index in [2.05, 4.69) is 5.43 Å². The summed E-state index contributed by atoms with van der Waals surface area (Å²) < 4.78 is 0. The van der Waals surface area contributed by atoms with Crippen molar-refractivity contribution in [3.8, 4) is 0 Å². The van der Waals surface area contributed by atoms with Crippen molar-refractivity contribution < 1.29 is 0 Å². The zero-order chi connectivity index (χ0) is 8.32. The molecule has 0 radical (unpaired) electrons. The molecule has 0 unspecified atom stereocenters. The summed E-state index contributed by atoms with van der Waals surface area (Å²) in [6, 6.07) is 0. The van der Waals surface area contributed by atoms with E-state index in [0.717, 1.165) is 12.8 Å². The van der Waals surface area contributed by atoms with E-state index in [1.54, 1.807) is 0 Å². The lowest BCUT2D eigenvalue weighted by atomic mass is 9.90. The molecule has 0 amide bonds. The van der Waals surface area contributed by atoms with E-state index in [1.165, 1.54) is 19.3 Å². The summed E-state index contributed by atoms with van der Waals surface area (Å²) in [4.78, 5) is 0. The molecule has 1 saturated carbocycles. The maximum Gasteiger partial charge on any atom is 0.0794 e. The predicted octanol–water partition coefficient (Wildman–Crippen LogP) is 0.672. The van der Waals surface area contributed by atoms with Crippen LogP contribution in [0.4, 0.5) is 0 Å². The average molecular weight is 157 g/mol. The van der Waals surface area contributed by atoms with E-state index in [1.807, 2.05) is 19.1 Å². The molecule has 11 heavy (non-hydrogen) atoms. The maximum atomic E-state index is 6.11. The van der Waals surface area contributed by atoms with Crippen molar-refractivity contribution in [2.75, 3.05) is 14.1 Å². The van der Waals surface area contributed by atoms with Crippen molar-refractivity contribution in [1.29, 1.82) is 0 Å². The van der Waals surface area contributed by atoms with E-state index in [4.69, 9.17) is 5.73 Å². The second-order valence-electron chi connectivity index (χ2n) is 3.72. The summed E-state index contributed by atoms with van der Waals surface area (Å²) in [6.07, 6.45) is 6.07. The maximum absolute atomic E-state index is 6.11. The first kappa shape index (κ1) is 8.97. The fraction of sp³-hybridized carbons (Fsp3) is 1.00. The minimum Gasteiger partial charge on any atom is -0.312 e. The summed E-state index contributed by atoms with van der Waals surface area (Å²) >= 11 is 0. The summed E-state index contributed by atoms with van der Waals surface area (Å²) in [5.41, 5.74) is 9.25. The highest BCUT2D eigenvalue weighted by Gasteiger charge is 2.27. The third kappa shape index (κ3) is 2.77. The monoisotopic (exact) mass is 157 g/mol. The van der Waals surface area contributed by atoms with Gasteiger partial charge in [-0.2, -0.15) is 0 Å². The van der Waals surface area contributed by atoms with Crippen molar-refractivity contribution in [1.82, 2.24) is 10.4 Å². The molecular weight excluding hydrogens is 138 g/mol. The van der Waals surface area contributed by atoms with Gasteiger partial charge < -0.3 is 5.73 Å². The van der Waals surface area contributed by atoms with Gasteiger partial charge in [0.05, 0.1) is 5.66 Å². The number of rotatable bonds is 2. The van der Waals surface area contributed by atoms with Crippen molar-refractivity contribution in [3.05, 3.63) is 0 Å². The molecule has 0 aromatic carbocycles. The van der Waals surface area contributed by atoms with Crippen LogP contribution >= 0.6 is 0 Å². The summed E-state index contributed by atoms with van der Waals surface area (Å²) in [5, 5.41) is 1.95. The molecule has 0 spiro atoms. The van der Waals surface area contributed by atoms with Gasteiger partial charge in [-0.15, -0.1) is 0 Å². The molecule has 1 aliphatic rings. The molecular formula is C8H19N3. The first-order valence-corrected chi connectivity index (χ1v) is 4.36. The molecule has 0 saturated heterocycles. The SMILES string of the molecule is CN(C)NC1(N)CCCCC1. The van der Waals surface area contributed by atoms with Gasteiger partial charge in [-0.05, 0) is 12.8 Å². The smallest absolute Gasteiger partial charge is 0.0794 e. The highest BCUT2D eigenvalue weighted by atomic mass is 15.5. The lowest BCUT2D eigenvalue weighted by Gasteiger charge is -2.36. The van der Waals surface area contributed by atoms with Gasteiger partial charge in [-0.1, -0.05) is 19.3 Å². The highest BCUT2D eigenvalue weighted by molar-refractivity contribution is 4.82. The second-order valence-corrected chi connectivity index (χ2v) is 3.72. The Bertz CT molecular complexity index is 117. The minimum atomic E-state index is -0.123. The van der Waals surface area contributed by atoms with E-state index in [0.29, 0.717) is 0 Å². The van der Waals surface area contributed by atoms with Crippen molar-refractivity contribution in [3.63, 3.8) is 0 Å². The molecule has 1 rings (SSSR count). The van der Waals surface area contributed by atoms with E-state index in [-0.39, 0.29) is 5.66 Å². The summed E-state index contributed by atoms with van der Waals surface area (Å²) in [5.74, 6) is 0. The van der Waals surface area contributed by atoms with Crippen molar-refractivity contribution >= 4 is 0 Å². The molecule has 0 aliphatic heterocycles. The second kappa shape index (κ2) is 3.52. The fourth-order valence-electron chi connectivity index (χ4n) is 1.74. The fourth-order valence-corrected chi connectivity index (χ4v) is 1.74. The Morgan fingerprint density at radius 1 is 1.18 bits per heavy atom. The lowest BCUT2D eigenvalue weighted by Crippen LogP contribution is -2.59. The first-order chi connectivity index (χ1) is 5.12. The van der Waals surface area contributed by atoms with Crippen LogP contribution in [-0.2, 0) is 0 Å². The molecule has 0 atom stereocenters. The molecule has 3 N–H and O–H groups in total. The third-order valence-electron chi connectivity index (χ3n) is 2.19. The van der Waals surface area contributed by atoms with Crippen LogP contribution in [0.5, 0.6) is 0 Å². The average Bonchev–Trinajstić information content (AvgIpc) is 1.85. The molecule has 0 aromatic heterocycles. The molecule has 0 aromatic rings. The Morgan fingerprint density at radius 3 is 2.18 bits per heavy atom. The largest absolute Gasteiger partial charge is 0.312 e. The van der Waals surface area contributed by atoms with Crippen LogP contribution in [0.2, 0.25) is 0 Å². The molecule has 1 fully saturated rings. The standard InChI is InChI=1S/C8H19N3/c1-11(2)10-8(9)6-4-3-5-7-8/h10H,3-7,9H2,1-2H3. The molecule has 0 heterocycles. The highest BCUT2D eigenvalue weighted by Crippen LogP contribution is 2.23. The van der Waals surface area contributed by atoms with Gasteiger partial charge in [-0.3, -0.25) is 0 Å². The molecule has 3 heteroatoms. The van der Waals surface area contributed by atoms with Gasteiger partial charge in [0.25, 0.3) is 0 Å². The number of nitrogens with zero attached hydrogens (tertiary/aromatic N) is 1. The van der Waals surface area contributed by atoms with Gasteiger partial charge in [-0.25, -0.2) is 10.4 Å². The predicted molar refractivity (Wildman–Crippen MR) is 46.8 cm³/mol. The van der Waals surface area contributed by atoms with Crippen molar-refractivity contribution in [2.24, 2.45) is 5.73 Å². The molecule has 3 nitrogen and oxygen atoms in total. The van der Waals surface area contributed by atoms with Crippen LogP contribution in [0, 0.1) is 0 Å². The zero-order valence-electron chi connectivity index (χ0n) is 7.56. The summed E-state index contributed by atoms with van der Waals surface area (Å²) in [6.45, 7) is 0. The van der Waals surface area contributed by atoms with Gasteiger partial charge in [0.15, 0.2) is 0 Å². The van der Waals surface area contributed by atoms with Crippen molar-refractivity contribution in [2.45, 2.75) is 37.8 Å².